The summed E-state index contributed by atoms with van der Waals surface area (Å²) in [6.07, 6.45) is 2.41. The van der Waals surface area contributed by atoms with Crippen LogP contribution in [-0.4, -0.2) is 29.1 Å². The van der Waals surface area contributed by atoms with E-state index in [1.54, 1.807) is 24.4 Å². The second-order valence-electron chi connectivity index (χ2n) is 7.00. The maximum atomic E-state index is 13.2. The van der Waals surface area contributed by atoms with E-state index in [1.807, 2.05) is 32.9 Å². The molecule has 1 atom stereocenters. The molecule has 6 nitrogen and oxygen atoms in total. The smallest absolute Gasteiger partial charge is 0.282 e. The molecule has 0 spiro atoms. The first kappa shape index (κ1) is 23.3. The van der Waals surface area contributed by atoms with Crippen molar-refractivity contribution in [3.63, 3.8) is 0 Å². The predicted octanol–water partition coefficient (Wildman–Crippen LogP) is 6.01. The van der Waals surface area contributed by atoms with Crippen LogP contribution in [0.1, 0.15) is 51.4 Å². The molecule has 0 bridgehead atoms. The summed E-state index contributed by atoms with van der Waals surface area (Å²) < 4.78 is 13.5. The number of aromatic nitrogens is 2. The van der Waals surface area contributed by atoms with E-state index in [-0.39, 0.29) is 11.5 Å². The van der Waals surface area contributed by atoms with Crippen LogP contribution in [0.4, 0.5) is 0 Å². The van der Waals surface area contributed by atoms with Crippen molar-refractivity contribution in [2.45, 2.75) is 40.0 Å². The average molecular weight is 507 g/mol. The van der Waals surface area contributed by atoms with Crippen molar-refractivity contribution in [1.82, 2.24) is 9.66 Å². The third-order valence-corrected chi connectivity index (χ3v) is 5.60. The van der Waals surface area contributed by atoms with Crippen molar-refractivity contribution in [3.05, 3.63) is 61.6 Å². The molecule has 1 aromatic heterocycles. The van der Waals surface area contributed by atoms with Crippen LogP contribution in [-0.2, 0) is 0 Å². The van der Waals surface area contributed by atoms with E-state index in [0.717, 1.165) is 10.9 Å². The van der Waals surface area contributed by atoms with Gasteiger partial charge in [0.25, 0.3) is 5.56 Å². The molecule has 3 aromatic rings. The summed E-state index contributed by atoms with van der Waals surface area (Å²) in [5, 5.41) is 5.41. The van der Waals surface area contributed by atoms with Crippen LogP contribution < -0.4 is 15.0 Å². The zero-order valence-corrected chi connectivity index (χ0v) is 20.3. The van der Waals surface area contributed by atoms with Gasteiger partial charge in [-0.3, -0.25) is 4.79 Å². The minimum absolute atomic E-state index is 0.0563. The highest BCUT2D eigenvalue weighted by molar-refractivity contribution is 9.10. The normalized spacial score (nSPS) is 12.5. The zero-order chi connectivity index (χ0) is 22.5. The average Bonchev–Trinajstić information content (AvgIpc) is 2.75. The summed E-state index contributed by atoms with van der Waals surface area (Å²) in [5.41, 5.74) is 1.12. The van der Waals surface area contributed by atoms with E-state index in [4.69, 9.17) is 26.1 Å². The van der Waals surface area contributed by atoms with E-state index in [9.17, 15) is 4.79 Å². The van der Waals surface area contributed by atoms with E-state index in [0.29, 0.717) is 52.0 Å². The molecule has 2 aromatic carbocycles. The van der Waals surface area contributed by atoms with Gasteiger partial charge in [-0.1, -0.05) is 41.4 Å². The molecular formula is C23H25BrClN3O3. The lowest BCUT2D eigenvalue weighted by molar-refractivity contribution is 0.288. The summed E-state index contributed by atoms with van der Waals surface area (Å²) in [6.45, 7) is 8.80. The molecule has 31 heavy (non-hydrogen) atoms. The van der Waals surface area contributed by atoms with E-state index in [1.165, 1.54) is 4.68 Å². The number of nitrogens with zero attached hydrogens (tertiary/aromatic N) is 3. The van der Waals surface area contributed by atoms with Crippen molar-refractivity contribution >= 4 is 44.6 Å². The van der Waals surface area contributed by atoms with Gasteiger partial charge in [-0.15, -0.1) is 0 Å². The van der Waals surface area contributed by atoms with Crippen molar-refractivity contribution in [1.29, 1.82) is 0 Å². The molecule has 8 heteroatoms. The van der Waals surface area contributed by atoms with Crippen LogP contribution in [0.3, 0.4) is 0 Å². The number of hydrogen-bond acceptors (Lipinski definition) is 5. The molecule has 0 unspecified atom stereocenters. The summed E-state index contributed by atoms with van der Waals surface area (Å²) in [5.74, 6) is 1.70. The van der Waals surface area contributed by atoms with Crippen LogP contribution in [0.5, 0.6) is 11.5 Å². The third kappa shape index (κ3) is 5.10. The highest BCUT2D eigenvalue weighted by atomic mass is 79.9. The molecule has 0 fully saturated rings. The van der Waals surface area contributed by atoms with Crippen LogP contribution >= 0.6 is 27.5 Å². The van der Waals surface area contributed by atoms with Gasteiger partial charge in [0, 0.05) is 10.4 Å². The quantitative estimate of drug-likeness (QED) is 0.351. The minimum Gasteiger partial charge on any atom is -0.490 e. The Bertz CT molecular complexity index is 1180. The third-order valence-electron chi connectivity index (χ3n) is 4.83. The molecule has 0 N–H and O–H groups in total. The Morgan fingerprint density at radius 1 is 1.19 bits per heavy atom. The molecule has 0 saturated heterocycles. The number of hydrogen-bond donors (Lipinski definition) is 0. The SMILES string of the molecule is CCOc1cc(C=Nn2c([C@@H](C)CC)nc3ccc(Br)cc3c2=O)cc(Cl)c1OCC. The molecule has 0 saturated carbocycles. The fourth-order valence-corrected chi connectivity index (χ4v) is 3.75. The number of ether oxygens (including phenoxy) is 2. The first-order valence-corrected chi connectivity index (χ1v) is 11.4. The van der Waals surface area contributed by atoms with Gasteiger partial charge in [0.2, 0.25) is 0 Å². The van der Waals surface area contributed by atoms with Crippen molar-refractivity contribution in [2.24, 2.45) is 5.10 Å². The van der Waals surface area contributed by atoms with Gasteiger partial charge in [0.15, 0.2) is 11.5 Å². The standard InChI is InChI=1S/C23H25BrClN3O3/c1-5-14(4)22-27-19-9-8-16(24)12-17(19)23(29)28(22)26-13-15-10-18(25)21(31-7-3)20(11-15)30-6-2/h8-14H,5-7H2,1-4H3/t14-/m0/s1. The Morgan fingerprint density at radius 2 is 1.94 bits per heavy atom. The second kappa shape index (κ2) is 10.3. The lowest BCUT2D eigenvalue weighted by atomic mass is 10.1. The first-order chi connectivity index (χ1) is 14.9. The van der Waals surface area contributed by atoms with Crippen LogP contribution in [0.2, 0.25) is 5.02 Å². The molecule has 3 rings (SSSR count). The van der Waals surface area contributed by atoms with Gasteiger partial charge in [-0.2, -0.15) is 9.78 Å². The fourth-order valence-electron chi connectivity index (χ4n) is 3.11. The fraction of sp³-hybridized carbons (Fsp3) is 0.348. The largest absolute Gasteiger partial charge is 0.490 e. The second-order valence-corrected chi connectivity index (χ2v) is 8.32. The summed E-state index contributed by atoms with van der Waals surface area (Å²) in [4.78, 5) is 18.0. The molecule has 0 amide bonds. The molecule has 0 radical (unpaired) electrons. The monoisotopic (exact) mass is 505 g/mol. The van der Waals surface area contributed by atoms with Gasteiger partial charge in [-0.25, -0.2) is 4.98 Å². The first-order valence-electron chi connectivity index (χ1n) is 10.2. The van der Waals surface area contributed by atoms with E-state index < -0.39 is 0 Å². The summed E-state index contributed by atoms with van der Waals surface area (Å²) in [6, 6.07) is 9.00. The molecule has 164 valence electrons. The molecular weight excluding hydrogens is 482 g/mol. The Balaban J connectivity index is 2.14. The Kier molecular flexibility index (Phi) is 7.73. The maximum Gasteiger partial charge on any atom is 0.282 e. The number of fused-ring (bicyclic) bond motifs is 1. The van der Waals surface area contributed by atoms with Gasteiger partial charge in [0.1, 0.15) is 5.82 Å². The van der Waals surface area contributed by atoms with Crippen molar-refractivity contribution in [2.75, 3.05) is 13.2 Å². The van der Waals surface area contributed by atoms with E-state index >= 15 is 0 Å². The van der Waals surface area contributed by atoms with Gasteiger partial charge in [0.05, 0.1) is 35.4 Å². The number of halogens is 2. The predicted molar refractivity (Wildman–Crippen MR) is 129 cm³/mol. The summed E-state index contributed by atoms with van der Waals surface area (Å²) >= 11 is 9.83. The van der Waals surface area contributed by atoms with Crippen LogP contribution in [0.25, 0.3) is 10.9 Å². The van der Waals surface area contributed by atoms with Gasteiger partial charge in [-0.05, 0) is 56.2 Å². The summed E-state index contributed by atoms with van der Waals surface area (Å²) in [7, 11) is 0. The van der Waals surface area contributed by atoms with Crippen LogP contribution in [0.15, 0.2) is 44.7 Å². The Labute approximate surface area is 195 Å². The topological polar surface area (TPSA) is 65.7 Å². The zero-order valence-electron chi connectivity index (χ0n) is 18.0. The van der Waals surface area contributed by atoms with E-state index in [2.05, 4.69) is 28.0 Å². The molecule has 0 aliphatic rings. The molecule has 0 aliphatic carbocycles. The van der Waals surface area contributed by atoms with Crippen molar-refractivity contribution < 1.29 is 9.47 Å². The lowest BCUT2D eigenvalue weighted by Gasteiger charge is -2.15. The molecule has 0 aliphatic heterocycles. The number of rotatable bonds is 8. The Hall–Kier alpha value is -2.38. The van der Waals surface area contributed by atoms with Gasteiger partial charge < -0.3 is 9.47 Å². The minimum atomic E-state index is -0.222. The highest BCUT2D eigenvalue weighted by Gasteiger charge is 2.16. The van der Waals surface area contributed by atoms with Gasteiger partial charge >= 0.3 is 0 Å². The molecule has 1 heterocycles. The maximum absolute atomic E-state index is 13.2. The van der Waals surface area contributed by atoms with Crippen LogP contribution in [0, 0.1) is 0 Å². The number of benzene rings is 2. The Morgan fingerprint density at radius 3 is 2.61 bits per heavy atom. The lowest BCUT2D eigenvalue weighted by Crippen LogP contribution is -2.23. The van der Waals surface area contributed by atoms with Crippen molar-refractivity contribution in [3.8, 4) is 11.5 Å². The highest BCUT2D eigenvalue weighted by Crippen LogP contribution is 2.36.